The minimum absolute atomic E-state index is 0.0295. The third-order valence-electron chi connectivity index (χ3n) is 7.30. The number of hydrogen-bond acceptors (Lipinski definition) is 4. The van der Waals surface area contributed by atoms with Crippen molar-refractivity contribution in [2.24, 2.45) is 0 Å². The van der Waals surface area contributed by atoms with Crippen LogP contribution in [-0.2, 0) is 13.1 Å². The highest BCUT2D eigenvalue weighted by atomic mass is 16.4. The lowest BCUT2D eigenvalue weighted by Gasteiger charge is -2.38. The molecule has 192 valence electrons. The SMILES string of the molecule is O=C(O)N1CCC(n2c(=O)[nH]c3ccccc32)C[C@@H]1CCCN(Cc1ccccc1)Cc1ccccn1. The van der Waals surface area contributed by atoms with Crippen molar-refractivity contribution in [2.75, 3.05) is 13.1 Å². The predicted molar refractivity (Wildman–Crippen MR) is 143 cm³/mol. The van der Waals surface area contributed by atoms with Gasteiger partial charge < -0.3 is 15.0 Å². The molecule has 2 aromatic carbocycles. The first-order valence-electron chi connectivity index (χ1n) is 12.9. The molecular formula is C29H33N5O3. The highest BCUT2D eigenvalue weighted by Gasteiger charge is 2.33. The van der Waals surface area contributed by atoms with E-state index in [1.807, 2.05) is 71.4 Å². The summed E-state index contributed by atoms with van der Waals surface area (Å²) in [6.07, 6.45) is 3.79. The number of aromatic nitrogens is 3. The first kappa shape index (κ1) is 24.8. The fourth-order valence-corrected chi connectivity index (χ4v) is 5.55. The zero-order chi connectivity index (χ0) is 25.6. The van der Waals surface area contributed by atoms with Crippen LogP contribution in [0.2, 0.25) is 0 Å². The number of aromatic amines is 1. The van der Waals surface area contributed by atoms with Gasteiger partial charge in [0.15, 0.2) is 0 Å². The molecule has 0 saturated carbocycles. The Morgan fingerprint density at radius 3 is 2.59 bits per heavy atom. The normalized spacial score (nSPS) is 17.9. The van der Waals surface area contributed by atoms with Gasteiger partial charge in [-0.05, 0) is 62.1 Å². The highest BCUT2D eigenvalue weighted by Crippen LogP contribution is 2.31. The molecule has 0 radical (unpaired) electrons. The van der Waals surface area contributed by atoms with E-state index in [2.05, 4.69) is 27.0 Å². The lowest BCUT2D eigenvalue weighted by Crippen LogP contribution is -2.47. The Hall–Kier alpha value is -3.91. The number of pyridine rings is 1. The van der Waals surface area contributed by atoms with Crippen molar-refractivity contribution in [2.45, 2.75) is 50.9 Å². The second-order valence-corrected chi connectivity index (χ2v) is 9.78. The van der Waals surface area contributed by atoms with Gasteiger partial charge in [-0.25, -0.2) is 9.59 Å². The Balaban J connectivity index is 1.28. The molecule has 37 heavy (non-hydrogen) atoms. The third-order valence-corrected chi connectivity index (χ3v) is 7.30. The maximum Gasteiger partial charge on any atom is 0.407 e. The molecule has 5 rings (SSSR count). The zero-order valence-corrected chi connectivity index (χ0v) is 20.9. The van der Waals surface area contributed by atoms with Crippen molar-refractivity contribution in [3.63, 3.8) is 0 Å². The van der Waals surface area contributed by atoms with Gasteiger partial charge in [-0.1, -0.05) is 48.5 Å². The van der Waals surface area contributed by atoms with Gasteiger partial charge in [-0.15, -0.1) is 0 Å². The number of fused-ring (bicyclic) bond motifs is 1. The molecule has 0 spiro atoms. The number of imidazole rings is 1. The van der Waals surface area contributed by atoms with Crippen molar-refractivity contribution < 1.29 is 9.90 Å². The second kappa shape index (κ2) is 11.4. The van der Waals surface area contributed by atoms with Gasteiger partial charge in [0.2, 0.25) is 0 Å². The van der Waals surface area contributed by atoms with Gasteiger partial charge in [-0.3, -0.25) is 14.5 Å². The van der Waals surface area contributed by atoms with E-state index in [9.17, 15) is 14.7 Å². The molecule has 2 atom stereocenters. The number of benzene rings is 2. The van der Waals surface area contributed by atoms with Crippen molar-refractivity contribution in [1.82, 2.24) is 24.3 Å². The molecule has 0 aliphatic carbocycles. The number of carbonyl (C=O) groups is 1. The summed E-state index contributed by atoms with van der Waals surface area (Å²) < 4.78 is 1.82. The maximum atomic E-state index is 12.8. The van der Waals surface area contributed by atoms with Crippen molar-refractivity contribution in [3.05, 3.63) is 101 Å². The second-order valence-electron chi connectivity index (χ2n) is 9.78. The van der Waals surface area contributed by atoms with Crippen LogP contribution in [0.25, 0.3) is 11.0 Å². The average Bonchev–Trinajstić information content (AvgIpc) is 3.25. The van der Waals surface area contributed by atoms with E-state index in [4.69, 9.17) is 0 Å². The van der Waals surface area contributed by atoms with Crippen LogP contribution in [0.3, 0.4) is 0 Å². The van der Waals surface area contributed by atoms with Crippen molar-refractivity contribution in [1.29, 1.82) is 0 Å². The summed E-state index contributed by atoms with van der Waals surface area (Å²) in [5.74, 6) is 0. The van der Waals surface area contributed by atoms with Crippen LogP contribution in [0.15, 0.2) is 83.8 Å². The molecule has 4 aromatic rings. The lowest BCUT2D eigenvalue weighted by molar-refractivity contribution is 0.0853. The average molecular weight is 500 g/mol. The third kappa shape index (κ3) is 5.91. The van der Waals surface area contributed by atoms with Crippen LogP contribution in [-0.4, -0.2) is 54.7 Å². The molecule has 8 heteroatoms. The van der Waals surface area contributed by atoms with Crippen LogP contribution in [0.1, 0.15) is 43.0 Å². The van der Waals surface area contributed by atoms with Crippen LogP contribution < -0.4 is 5.69 Å². The summed E-state index contributed by atoms with van der Waals surface area (Å²) in [5.41, 5.74) is 3.82. The fraction of sp³-hybridized carbons (Fsp3) is 0.345. The molecule has 8 nitrogen and oxygen atoms in total. The molecule has 2 N–H and O–H groups in total. The van der Waals surface area contributed by atoms with Crippen LogP contribution >= 0.6 is 0 Å². The number of likely N-dealkylation sites (tertiary alicyclic amines) is 1. The number of nitrogens with one attached hydrogen (secondary N) is 1. The number of nitrogens with zero attached hydrogens (tertiary/aromatic N) is 4. The predicted octanol–water partition coefficient (Wildman–Crippen LogP) is 4.89. The molecule has 3 heterocycles. The summed E-state index contributed by atoms with van der Waals surface area (Å²) in [4.78, 5) is 36.2. The largest absolute Gasteiger partial charge is 0.465 e. The highest BCUT2D eigenvalue weighted by molar-refractivity contribution is 5.75. The number of carboxylic acid groups (broad SMARTS) is 1. The first-order valence-corrected chi connectivity index (χ1v) is 12.9. The molecule has 1 aliphatic heterocycles. The van der Waals surface area contributed by atoms with Crippen LogP contribution in [0.5, 0.6) is 0 Å². The molecular weight excluding hydrogens is 466 g/mol. The number of hydrogen-bond donors (Lipinski definition) is 2. The number of para-hydroxylation sites is 2. The van der Waals surface area contributed by atoms with Gasteiger partial charge in [0, 0.05) is 37.9 Å². The van der Waals surface area contributed by atoms with E-state index >= 15 is 0 Å². The van der Waals surface area contributed by atoms with Gasteiger partial charge in [0.05, 0.1) is 16.7 Å². The van der Waals surface area contributed by atoms with E-state index in [1.54, 1.807) is 4.90 Å². The lowest BCUT2D eigenvalue weighted by atomic mass is 9.93. The number of amides is 1. The van der Waals surface area contributed by atoms with Gasteiger partial charge >= 0.3 is 11.8 Å². The van der Waals surface area contributed by atoms with Gasteiger partial charge in [0.25, 0.3) is 0 Å². The molecule has 0 bridgehead atoms. The summed E-state index contributed by atoms with van der Waals surface area (Å²) in [6, 6.07) is 23.9. The van der Waals surface area contributed by atoms with E-state index in [0.29, 0.717) is 19.4 Å². The summed E-state index contributed by atoms with van der Waals surface area (Å²) in [5, 5.41) is 9.88. The molecule has 1 fully saturated rings. The van der Waals surface area contributed by atoms with E-state index in [0.717, 1.165) is 49.2 Å². The van der Waals surface area contributed by atoms with Crippen molar-refractivity contribution in [3.8, 4) is 0 Å². The molecule has 2 aromatic heterocycles. The first-order chi connectivity index (χ1) is 18.1. The summed E-state index contributed by atoms with van der Waals surface area (Å²) >= 11 is 0. The maximum absolute atomic E-state index is 12.8. The van der Waals surface area contributed by atoms with Gasteiger partial charge in [0.1, 0.15) is 0 Å². The minimum atomic E-state index is -0.885. The monoisotopic (exact) mass is 499 g/mol. The molecule has 1 amide bonds. The minimum Gasteiger partial charge on any atom is -0.465 e. The Morgan fingerprint density at radius 1 is 1.03 bits per heavy atom. The standard InChI is InChI=1S/C29H33N5O3/c35-28-31-26-13-4-5-14-27(26)34(28)25-15-18-33(29(36)37)24(19-25)12-8-17-32(20-22-9-2-1-3-10-22)21-23-11-6-7-16-30-23/h1-7,9-11,13-14,16,24-25H,8,12,15,17-21H2,(H,31,35)(H,36,37)/t24-,25?/m0/s1. The van der Waals surface area contributed by atoms with Gasteiger partial charge in [-0.2, -0.15) is 0 Å². The number of rotatable bonds is 9. The smallest absolute Gasteiger partial charge is 0.407 e. The van der Waals surface area contributed by atoms with E-state index < -0.39 is 6.09 Å². The summed E-state index contributed by atoms with van der Waals surface area (Å²) in [6.45, 7) is 2.79. The fourth-order valence-electron chi connectivity index (χ4n) is 5.55. The van der Waals surface area contributed by atoms with E-state index in [1.165, 1.54) is 5.56 Å². The van der Waals surface area contributed by atoms with Crippen molar-refractivity contribution >= 4 is 17.1 Å². The Bertz CT molecular complexity index is 1330. The summed E-state index contributed by atoms with van der Waals surface area (Å²) in [7, 11) is 0. The topological polar surface area (TPSA) is 94.5 Å². The molecule has 1 aliphatic rings. The Morgan fingerprint density at radius 2 is 1.81 bits per heavy atom. The zero-order valence-electron chi connectivity index (χ0n) is 20.9. The Kier molecular flexibility index (Phi) is 7.65. The quantitative estimate of drug-likeness (QED) is 0.342. The number of piperidine rings is 1. The molecule has 1 unspecified atom stereocenters. The molecule has 1 saturated heterocycles. The van der Waals surface area contributed by atoms with Crippen LogP contribution in [0.4, 0.5) is 4.79 Å². The van der Waals surface area contributed by atoms with Crippen LogP contribution in [0, 0.1) is 0 Å². The van der Waals surface area contributed by atoms with E-state index in [-0.39, 0.29) is 17.8 Å². The Labute approximate surface area is 216 Å². The number of H-pyrrole nitrogens is 1.